The van der Waals surface area contributed by atoms with E-state index in [1.807, 2.05) is 6.07 Å². The zero-order valence-electron chi connectivity index (χ0n) is 42.8. The fraction of sp³-hybridized carbons (Fsp3) is 0.176. The SMILES string of the molecule is CC(C)(C)c1ccc(Nc2cc3oc4cc5c(cc4c3cc2-c2ccc3c4cc6c(cc4n4c3c2[B]c2cc3oc(-c7ccccc7)c(-c7ccccc7)c3cc2-4)oc2ccccc26)C(C)(C)CCC5(C)C)cc1. The molecule has 0 spiro atoms. The maximum Gasteiger partial charge on any atom is 0.198 e. The number of furan rings is 3. The lowest BCUT2D eigenvalue weighted by Crippen LogP contribution is -2.37. The van der Waals surface area contributed by atoms with Crippen LogP contribution in [-0.2, 0) is 16.2 Å². The molecule has 5 nitrogen and oxygen atoms in total. The summed E-state index contributed by atoms with van der Waals surface area (Å²) in [6, 6.07) is 61.8. The van der Waals surface area contributed by atoms with Crippen LogP contribution in [0.1, 0.15) is 78.0 Å². The van der Waals surface area contributed by atoms with E-state index in [1.165, 1.54) is 27.5 Å². The van der Waals surface area contributed by atoms with E-state index >= 15 is 0 Å². The molecule has 0 bridgehead atoms. The van der Waals surface area contributed by atoms with Gasteiger partial charge in [-0.15, -0.1) is 0 Å². The number of para-hydroxylation sites is 1. The van der Waals surface area contributed by atoms with Gasteiger partial charge in [0, 0.05) is 83.4 Å². The van der Waals surface area contributed by atoms with Crippen LogP contribution >= 0.6 is 0 Å². The van der Waals surface area contributed by atoms with Crippen LogP contribution in [0.4, 0.5) is 11.4 Å². The smallest absolute Gasteiger partial charge is 0.198 e. The molecule has 4 aromatic heterocycles. The summed E-state index contributed by atoms with van der Waals surface area (Å²) >= 11 is 0. The first-order chi connectivity index (χ1) is 35.8. The Bertz CT molecular complexity index is 4500. The molecule has 1 N–H and O–H groups in total. The maximum absolute atomic E-state index is 7.04. The Balaban J connectivity index is 1.02. The number of nitrogens with one attached hydrogen (secondary N) is 1. The molecule has 74 heavy (non-hydrogen) atoms. The van der Waals surface area contributed by atoms with Gasteiger partial charge in [-0.25, -0.2) is 0 Å². The van der Waals surface area contributed by atoms with E-state index in [1.54, 1.807) is 0 Å². The summed E-state index contributed by atoms with van der Waals surface area (Å²) in [4.78, 5) is 0. The van der Waals surface area contributed by atoms with E-state index in [9.17, 15) is 0 Å². The molecule has 0 atom stereocenters. The summed E-state index contributed by atoms with van der Waals surface area (Å²) in [6.07, 6.45) is 2.28. The number of nitrogens with zero attached hydrogens (tertiary/aromatic N) is 1. The molecule has 0 saturated heterocycles. The molecule has 357 valence electrons. The first kappa shape index (κ1) is 43.4. The maximum atomic E-state index is 7.04. The third-order valence-corrected chi connectivity index (χ3v) is 16.8. The molecule has 2 aliphatic rings. The van der Waals surface area contributed by atoms with Crippen LogP contribution in [0.2, 0.25) is 0 Å². The fourth-order valence-corrected chi connectivity index (χ4v) is 12.7. The number of rotatable bonds is 5. The third-order valence-electron chi connectivity index (χ3n) is 16.8. The Morgan fingerprint density at radius 2 is 1.14 bits per heavy atom. The molecule has 0 saturated carbocycles. The summed E-state index contributed by atoms with van der Waals surface area (Å²) in [5, 5.41) is 11.9. The van der Waals surface area contributed by atoms with Gasteiger partial charge in [0.15, 0.2) is 7.28 Å². The molecular formula is C68H54BN2O3. The Labute approximate surface area is 430 Å². The first-order valence-corrected chi connectivity index (χ1v) is 26.2. The van der Waals surface area contributed by atoms with Crippen LogP contribution in [0.5, 0.6) is 0 Å². The van der Waals surface area contributed by atoms with Crippen LogP contribution in [0.15, 0.2) is 183 Å². The normalized spacial score (nSPS) is 14.9. The van der Waals surface area contributed by atoms with Gasteiger partial charge in [-0.05, 0) is 117 Å². The summed E-state index contributed by atoms with van der Waals surface area (Å²) in [5.41, 5.74) is 21.7. The second-order valence-electron chi connectivity index (χ2n) is 23.4. The minimum Gasteiger partial charge on any atom is -0.456 e. The average Bonchev–Trinajstić information content (AvgIpc) is 4.15. The monoisotopic (exact) mass is 957 g/mol. The number of hydrogen-bond acceptors (Lipinski definition) is 4. The molecule has 13 aromatic rings. The standard InChI is InChI=1S/C68H54BN2O3/c1-66(2,3)40-22-24-41(25-23-40)70-54-36-60-48(49-32-51-52(34-58(49)73-60)68(6,7)29-28-67(51,4)5)30-45(54)43-26-27-44-46-31-47-42-20-14-15-21-57(42)72-61(47)37-55(46)71-56-33-50-59(35-53(56)69-63(43)64(44)71)74-65(39-18-12-9-13-19-39)62(50)38-16-10-8-11-17-38/h8-27,30-37,70H,28-29H2,1-7H3. The molecule has 0 unspecified atom stereocenters. The van der Waals surface area contributed by atoms with Crippen LogP contribution < -0.4 is 16.2 Å². The van der Waals surface area contributed by atoms with Crippen molar-refractivity contribution in [1.29, 1.82) is 0 Å². The third kappa shape index (κ3) is 6.36. The van der Waals surface area contributed by atoms with Crippen molar-refractivity contribution in [2.75, 3.05) is 5.32 Å². The fourth-order valence-electron chi connectivity index (χ4n) is 12.7. The Hall–Kier alpha value is -8.22. The molecule has 6 heteroatoms. The average molecular weight is 958 g/mol. The molecule has 1 aliphatic heterocycles. The van der Waals surface area contributed by atoms with Gasteiger partial charge in [0.1, 0.15) is 33.7 Å². The van der Waals surface area contributed by atoms with Crippen molar-refractivity contribution in [3.8, 4) is 39.3 Å². The summed E-state index contributed by atoms with van der Waals surface area (Å²) in [5.74, 6) is 0.860. The van der Waals surface area contributed by atoms with Gasteiger partial charge < -0.3 is 23.1 Å². The highest BCUT2D eigenvalue weighted by atomic mass is 16.3. The van der Waals surface area contributed by atoms with E-state index in [2.05, 4.69) is 229 Å². The van der Waals surface area contributed by atoms with Gasteiger partial charge in [-0.3, -0.25) is 0 Å². The Morgan fingerprint density at radius 1 is 0.500 bits per heavy atom. The summed E-state index contributed by atoms with van der Waals surface area (Å²) < 4.78 is 23.2. The van der Waals surface area contributed by atoms with Crippen molar-refractivity contribution >= 4 is 106 Å². The lowest BCUT2D eigenvalue weighted by molar-refractivity contribution is 0.332. The Morgan fingerprint density at radius 3 is 1.89 bits per heavy atom. The number of anilines is 2. The van der Waals surface area contributed by atoms with Gasteiger partial charge in [0.05, 0.1) is 11.2 Å². The van der Waals surface area contributed by atoms with Crippen molar-refractivity contribution in [2.24, 2.45) is 0 Å². The molecule has 9 aromatic carbocycles. The molecule has 1 radical (unpaired) electrons. The quantitative estimate of drug-likeness (QED) is 0.175. The predicted octanol–water partition coefficient (Wildman–Crippen LogP) is 17.7. The van der Waals surface area contributed by atoms with Crippen molar-refractivity contribution in [1.82, 2.24) is 4.57 Å². The van der Waals surface area contributed by atoms with E-state index in [0.717, 1.165) is 140 Å². The minimum absolute atomic E-state index is 0.0327. The van der Waals surface area contributed by atoms with Gasteiger partial charge in [0.2, 0.25) is 0 Å². The zero-order chi connectivity index (χ0) is 50.0. The number of benzene rings is 9. The van der Waals surface area contributed by atoms with E-state index in [4.69, 9.17) is 13.3 Å². The molecule has 0 amide bonds. The van der Waals surface area contributed by atoms with Gasteiger partial charge >= 0.3 is 0 Å². The van der Waals surface area contributed by atoms with Gasteiger partial charge in [-0.1, -0.05) is 157 Å². The van der Waals surface area contributed by atoms with Crippen LogP contribution in [-0.4, -0.2) is 11.8 Å². The summed E-state index contributed by atoms with van der Waals surface area (Å²) in [7, 11) is 2.40. The highest BCUT2D eigenvalue weighted by molar-refractivity contribution is 6.73. The molecule has 15 rings (SSSR count). The van der Waals surface area contributed by atoms with Crippen LogP contribution in [0.25, 0.3) is 116 Å². The second kappa shape index (κ2) is 15.2. The predicted molar refractivity (Wildman–Crippen MR) is 310 cm³/mol. The number of hydrogen-bond donors (Lipinski definition) is 1. The molecule has 5 heterocycles. The number of fused-ring (bicyclic) bond motifs is 13. The topological polar surface area (TPSA) is 56.4 Å². The second-order valence-corrected chi connectivity index (χ2v) is 23.4. The van der Waals surface area contributed by atoms with Crippen molar-refractivity contribution in [3.05, 3.63) is 187 Å². The van der Waals surface area contributed by atoms with E-state index < -0.39 is 0 Å². The lowest BCUT2D eigenvalue weighted by atomic mass is 9.59. The zero-order valence-corrected chi connectivity index (χ0v) is 42.8. The van der Waals surface area contributed by atoms with Gasteiger partial charge in [-0.2, -0.15) is 0 Å². The van der Waals surface area contributed by atoms with Crippen LogP contribution in [0.3, 0.4) is 0 Å². The Kier molecular flexibility index (Phi) is 8.90. The number of aromatic nitrogens is 1. The first-order valence-electron chi connectivity index (χ1n) is 26.2. The highest BCUT2D eigenvalue weighted by Crippen LogP contribution is 2.50. The summed E-state index contributed by atoms with van der Waals surface area (Å²) in [6.45, 7) is 16.4. The van der Waals surface area contributed by atoms with Crippen molar-refractivity contribution in [2.45, 2.75) is 77.6 Å². The van der Waals surface area contributed by atoms with E-state index in [0.29, 0.717) is 0 Å². The lowest BCUT2D eigenvalue weighted by Gasteiger charge is -2.41. The van der Waals surface area contributed by atoms with Crippen LogP contribution in [0, 0.1) is 0 Å². The molecule has 1 aliphatic carbocycles. The van der Waals surface area contributed by atoms with Crippen molar-refractivity contribution < 1.29 is 13.3 Å². The van der Waals surface area contributed by atoms with E-state index in [-0.39, 0.29) is 16.2 Å². The van der Waals surface area contributed by atoms with Crippen molar-refractivity contribution in [3.63, 3.8) is 0 Å². The minimum atomic E-state index is 0.0327. The van der Waals surface area contributed by atoms with Gasteiger partial charge in [0.25, 0.3) is 0 Å². The molecular weight excluding hydrogens is 904 g/mol. The highest BCUT2D eigenvalue weighted by Gasteiger charge is 2.38. The molecule has 0 fully saturated rings. The largest absolute Gasteiger partial charge is 0.456 e.